The molecule has 3 heterocycles. The average Bonchev–Trinajstić information content (AvgIpc) is 3.06. The second kappa shape index (κ2) is 5.33. The summed E-state index contributed by atoms with van der Waals surface area (Å²) in [5.74, 6) is 0.0614. The molecule has 1 saturated heterocycles. The van der Waals surface area contributed by atoms with Gasteiger partial charge in [0.2, 0.25) is 0 Å². The van der Waals surface area contributed by atoms with Crippen LogP contribution in [0, 0.1) is 11.6 Å². The van der Waals surface area contributed by atoms with Crippen LogP contribution >= 0.6 is 0 Å². The van der Waals surface area contributed by atoms with Crippen LogP contribution in [0.25, 0.3) is 0 Å². The third-order valence-electron chi connectivity index (χ3n) is 4.45. The molecular formula is C16H16F2N4O. The van der Waals surface area contributed by atoms with Crippen LogP contribution in [0.1, 0.15) is 18.4 Å². The third kappa shape index (κ3) is 2.56. The fourth-order valence-corrected chi connectivity index (χ4v) is 3.44. The zero-order valence-electron chi connectivity index (χ0n) is 12.4. The third-order valence-corrected chi connectivity index (χ3v) is 4.45. The van der Waals surface area contributed by atoms with Gasteiger partial charge in [0.05, 0.1) is 0 Å². The van der Waals surface area contributed by atoms with Gasteiger partial charge in [-0.05, 0) is 30.5 Å². The molecule has 1 N–H and O–H groups in total. The van der Waals surface area contributed by atoms with Crippen molar-refractivity contribution in [2.24, 2.45) is 0 Å². The van der Waals surface area contributed by atoms with Crippen LogP contribution in [0.2, 0.25) is 0 Å². The van der Waals surface area contributed by atoms with E-state index in [1.165, 1.54) is 12.1 Å². The maximum atomic E-state index is 13.2. The summed E-state index contributed by atoms with van der Waals surface area (Å²) in [4.78, 5) is 18.4. The summed E-state index contributed by atoms with van der Waals surface area (Å²) in [6.45, 7) is 1.84. The van der Waals surface area contributed by atoms with Crippen molar-refractivity contribution in [2.75, 3.05) is 16.8 Å². The highest BCUT2D eigenvalue weighted by atomic mass is 19.1. The number of fused-ring (bicyclic) bond motifs is 3. The van der Waals surface area contributed by atoms with Crippen molar-refractivity contribution in [1.82, 2.24) is 9.55 Å². The highest BCUT2D eigenvalue weighted by Gasteiger charge is 2.34. The van der Waals surface area contributed by atoms with Crippen molar-refractivity contribution < 1.29 is 8.78 Å². The van der Waals surface area contributed by atoms with E-state index in [2.05, 4.69) is 15.2 Å². The Bertz CT molecular complexity index is 800. The molecule has 2 aliphatic heterocycles. The van der Waals surface area contributed by atoms with Crippen molar-refractivity contribution in [2.45, 2.75) is 32.0 Å². The fourth-order valence-electron chi connectivity index (χ4n) is 3.44. The Hall–Kier alpha value is -2.44. The summed E-state index contributed by atoms with van der Waals surface area (Å²) in [5.41, 5.74) is 0.175. The Morgan fingerprint density at radius 1 is 1.22 bits per heavy atom. The van der Waals surface area contributed by atoms with E-state index in [4.69, 9.17) is 0 Å². The minimum absolute atomic E-state index is 0.202. The van der Waals surface area contributed by atoms with Crippen LogP contribution in [-0.2, 0) is 13.1 Å². The van der Waals surface area contributed by atoms with Gasteiger partial charge < -0.3 is 10.2 Å². The number of halogens is 2. The highest BCUT2D eigenvalue weighted by Crippen LogP contribution is 2.32. The Labute approximate surface area is 131 Å². The molecule has 7 heteroatoms. The van der Waals surface area contributed by atoms with Crippen molar-refractivity contribution in [3.05, 3.63) is 51.9 Å². The Balaban J connectivity index is 1.57. The van der Waals surface area contributed by atoms with E-state index in [9.17, 15) is 13.6 Å². The van der Waals surface area contributed by atoms with Gasteiger partial charge in [0, 0.05) is 37.8 Å². The molecule has 23 heavy (non-hydrogen) atoms. The molecule has 0 saturated carbocycles. The SMILES string of the molecule is O=c1nc(NCc2cc(F)cc(F)c2)cc2n1C[C@@H]1CCCN21. The number of hydrogen-bond donors (Lipinski definition) is 1. The lowest BCUT2D eigenvalue weighted by atomic mass is 10.2. The minimum Gasteiger partial charge on any atom is -0.366 e. The van der Waals surface area contributed by atoms with Crippen LogP contribution in [0.3, 0.4) is 0 Å². The molecule has 5 nitrogen and oxygen atoms in total. The van der Waals surface area contributed by atoms with Gasteiger partial charge in [-0.1, -0.05) is 0 Å². The van der Waals surface area contributed by atoms with Crippen LogP contribution in [0.5, 0.6) is 0 Å². The molecule has 0 bridgehead atoms. The molecule has 2 aromatic rings. The number of nitrogens with zero attached hydrogens (tertiary/aromatic N) is 3. The second-order valence-electron chi connectivity index (χ2n) is 6.01. The molecule has 4 rings (SSSR count). The first-order valence-corrected chi connectivity index (χ1v) is 7.67. The summed E-state index contributed by atoms with van der Waals surface area (Å²) in [7, 11) is 0. The zero-order valence-corrected chi connectivity index (χ0v) is 12.4. The summed E-state index contributed by atoms with van der Waals surface area (Å²) >= 11 is 0. The number of rotatable bonds is 3. The standard InChI is InChI=1S/C16H16F2N4O/c17-11-4-10(5-12(18)6-11)8-19-14-7-15-21-3-1-2-13(21)9-22(15)16(23)20-14/h4-7,13H,1-3,8-9H2,(H,19,20,23)/t13-/m0/s1. The van der Waals surface area contributed by atoms with Gasteiger partial charge in [-0.25, -0.2) is 13.6 Å². The largest absolute Gasteiger partial charge is 0.366 e. The summed E-state index contributed by atoms with van der Waals surface area (Å²) in [6, 6.07) is 5.57. The Morgan fingerprint density at radius 3 is 2.78 bits per heavy atom. The maximum absolute atomic E-state index is 13.2. The van der Waals surface area contributed by atoms with E-state index < -0.39 is 11.6 Å². The van der Waals surface area contributed by atoms with E-state index in [0.29, 0.717) is 24.0 Å². The molecule has 1 aromatic heterocycles. The van der Waals surface area contributed by atoms with E-state index in [1.807, 2.05) is 6.07 Å². The molecular weight excluding hydrogens is 302 g/mol. The maximum Gasteiger partial charge on any atom is 0.351 e. The zero-order chi connectivity index (χ0) is 16.0. The average molecular weight is 318 g/mol. The normalized spacial score (nSPS) is 18.9. The van der Waals surface area contributed by atoms with Gasteiger partial charge in [-0.15, -0.1) is 0 Å². The Kier molecular flexibility index (Phi) is 3.28. The monoisotopic (exact) mass is 318 g/mol. The van der Waals surface area contributed by atoms with E-state index >= 15 is 0 Å². The van der Waals surface area contributed by atoms with Crippen molar-refractivity contribution >= 4 is 11.6 Å². The first-order valence-electron chi connectivity index (χ1n) is 7.67. The van der Waals surface area contributed by atoms with Crippen molar-refractivity contribution in [1.29, 1.82) is 0 Å². The van der Waals surface area contributed by atoms with Gasteiger partial charge in [0.1, 0.15) is 23.3 Å². The molecule has 1 aromatic carbocycles. The van der Waals surface area contributed by atoms with E-state index in [1.54, 1.807) is 4.57 Å². The number of hydrogen-bond acceptors (Lipinski definition) is 4. The quantitative estimate of drug-likeness (QED) is 0.942. The number of anilines is 2. The summed E-state index contributed by atoms with van der Waals surface area (Å²) < 4.78 is 28.1. The molecule has 0 radical (unpaired) electrons. The number of nitrogens with one attached hydrogen (secondary N) is 1. The molecule has 0 spiro atoms. The predicted molar refractivity (Wildman–Crippen MR) is 82.5 cm³/mol. The van der Waals surface area contributed by atoms with E-state index in [0.717, 1.165) is 31.3 Å². The molecule has 0 aliphatic carbocycles. The van der Waals surface area contributed by atoms with Gasteiger partial charge in [-0.3, -0.25) is 4.57 Å². The lowest BCUT2D eigenvalue weighted by Crippen LogP contribution is -2.24. The lowest BCUT2D eigenvalue weighted by molar-refractivity contribution is 0.580. The second-order valence-corrected chi connectivity index (χ2v) is 6.01. The van der Waals surface area contributed by atoms with Crippen LogP contribution in [0.4, 0.5) is 20.4 Å². The first kappa shape index (κ1) is 14.2. The molecule has 1 fully saturated rings. The van der Waals surface area contributed by atoms with Gasteiger partial charge >= 0.3 is 5.69 Å². The fraction of sp³-hybridized carbons (Fsp3) is 0.375. The van der Waals surface area contributed by atoms with E-state index in [-0.39, 0.29) is 12.2 Å². The molecule has 1 atom stereocenters. The van der Waals surface area contributed by atoms with Crippen LogP contribution in [0.15, 0.2) is 29.1 Å². The predicted octanol–water partition coefficient (Wildman–Crippen LogP) is 2.12. The summed E-state index contributed by atoms with van der Waals surface area (Å²) in [6.07, 6.45) is 2.22. The molecule has 2 aliphatic rings. The highest BCUT2D eigenvalue weighted by molar-refractivity contribution is 5.53. The topological polar surface area (TPSA) is 50.2 Å². The smallest absolute Gasteiger partial charge is 0.351 e. The Morgan fingerprint density at radius 2 is 2.00 bits per heavy atom. The molecule has 120 valence electrons. The lowest BCUT2D eigenvalue weighted by Gasteiger charge is -2.17. The van der Waals surface area contributed by atoms with Crippen molar-refractivity contribution in [3.63, 3.8) is 0 Å². The van der Waals surface area contributed by atoms with Crippen LogP contribution < -0.4 is 15.9 Å². The molecule has 0 unspecified atom stereocenters. The number of aromatic nitrogens is 2. The van der Waals surface area contributed by atoms with Gasteiger partial charge in [0.15, 0.2) is 0 Å². The van der Waals surface area contributed by atoms with Gasteiger partial charge in [0.25, 0.3) is 0 Å². The van der Waals surface area contributed by atoms with Crippen molar-refractivity contribution in [3.8, 4) is 0 Å². The number of benzene rings is 1. The minimum atomic E-state index is -0.622. The van der Waals surface area contributed by atoms with Gasteiger partial charge in [-0.2, -0.15) is 4.98 Å². The molecule has 0 amide bonds. The van der Waals surface area contributed by atoms with Crippen LogP contribution in [-0.4, -0.2) is 22.1 Å². The summed E-state index contributed by atoms with van der Waals surface area (Å²) in [5, 5.41) is 2.98. The first-order chi connectivity index (χ1) is 11.1.